The molecule has 0 spiro atoms. The minimum absolute atomic E-state index is 0.0118. The van der Waals surface area contributed by atoms with E-state index in [4.69, 9.17) is 12.2 Å². The van der Waals surface area contributed by atoms with Gasteiger partial charge in [-0.15, -0.1) is 0 Å². The van der Waals surface area contributed by atoms with Gasteiger partial charge >= 0.3 is 5.97 Å². The molecular formula is C12H17NO3S2. The van der Waals surface area contributed by atoms with Gasteiger partial charge in [-0.1, -0.05) is 43.2 Å². The van der Waals surface area contributed by atoms with E-state index in [-0.39, 0.29) is 29.6 Å². The van der Waals surface area contributed by atoms with Crippen molar-refractivity contribution in [3.05, 3.63) is 0 Å². The number of nitrogens with zero attached hydrogens (tertiary/aromatic N) is 1. The van der Waals surface area contributed by atoms with Gasteiger partial charge in [0.05, 0.1) is 13.5 Å². The molecule has 6 heteroatoms. The fourth-order valence-corrected chi connectivity index (χ4v) is 4.12. The van der Waals surface area contributed by atoms with E-state index in [0.29, 0.717) is 4.32 Å². The van der Waals surface area contributed by atoms with Crippen molar-refractivity contribution in [3.8, 4) is 0 Å². The molecule has 0 unspecified atom stereocenters. The maximum absolute atomic E-state index is 12.3. The Labute approximate surface area is 116 Å². The van der Waals surface area contributed by atoms with Crippen LogP contribution in [0.2, 0.25) is 0 Å². The molecule has 4 nitrogen and oxygen atoms in total. The maximum atomic E-state index is 12.3. The van der Waals surface area contributed by atoms with E-state index in [1.807, 2.05) is 0 Å². The van der Waals surface area contributed by atoms with E-state index in [9.17, 15) is 9.59 Å². The monoisotopic (exact) mass is 287 g/mol. The third kappa shape index (κ3) is 2.85. The van der Waals surface area contributed by atoms with Gasteiger partial charge < -0.3 is 4.74 Å². The summed E-state index contributed by atoms with van der Waals surface area (Å²) in [5, 5.41) is -0.383. The Morgan fingerprint density at radius 2 is 2.11 bits per heavy atom. The molecular weight excluding hydrogens is 270 g/mol. The van der Waals surface area contributed by atoms with Gasteiger partial charge in [0.1, 0.15) is 9.57 Å². The molecule has 1 saturated heterocycles. The number of hydrogen-bond donors (Lipinski definition) is 0. The highest BCUT2D eigenvalue weighted by Crippen LogP contribution is 2.35. The van der Waals surface area contributed by atoms with Crippen molar-refractivity contribution in [2.24, 2.45) is 0 Å². The normalized spacial score (nSPS) is 25.6. The van der Waals surface area contributed by atoms with Crippen LogP contribution in [0.5, 0.6) is 0 Å². The zero-order valence-electron chi connectivity index (χ0n) is 10.4. The fraction of sp³-hybridized carbons (Fsp3) is 0.750. The average Bonchev–Trinajstić information content (AvgIpc) is 2.65. The van der Waals surface area contributed by atoms with Crippen LogP contribution in [0.15, 0.2) is 0 Å². The number of thiocarbonyl (C=S) groups is 1. The predicted molar refractivity (Wildman–Crippen MR) is 74.3 cm³/mol. The number of rotatable bonds is 3. The van der Waals surface area contributed by atoms with Gasteiger partial charge in [-0.3, -0.25) is 14.5 Å². The Bertz CT molecular complexity index is 366. The number of thioether (sulfide) groups is 1. The first-order valence-electron chi connectivity index (χ1n) is 6.24. The smallest absolute Gasteiger partial charge is 0.307 e. The molecule has 1 atom stereocenters. The molecule has 18 heavy (non-hydrogen) atoms. The Morgan fingerprint density at radius 3 is 2.72 bits per heavy atom. The van der Waals surface area contributed by atoms with E-state index in [1.54, 1.807) is 4.90 Å². The predicted octanol–water partition coefficient (Wildman–Crippen LogP) is 2.11. The van der Waals surface area contributed by atoms with Crippen molar-refractivity contribution in [2.45, 2.75) is 49.8 Å². The standard InChI is InChI=1S/C12H17NO3S2/c1-16-10(14)7-9-11(15)13(12(17)18-9)8-5-3-2-4-6-8/h8-9H,2-7H2,1H3/t9-/m1/s1. The molecule has 0 bridgehead atoms. The lowest BCUT2D eigenvalue weighted by Gasteiger charge is -2.30. The number of ether oxygens (including phenoxy) is 1. The molecule has 0 aromatic heterocycles. The summed E-state index contributed by atoms with van der Waals surface area (Å²) in [6.45, 7) is 0. The molecule has 2 rings (SSSR count). The highest BCUT2D eigenvalue weighted by molar-refractivity contribution is 8.24. The van der Waals surface area contributed by atoms with Crippen LogP contribution in [0, 0.1) is 0 Å². The molecule has 2 aliphatic rings. The van der Waals surface area contributed by atoms with Gasteiger partial charge in [-0.25, -0.2) is 0 Å². The summed E-state index contributed by atoms with van der Waals surface area (Å²) < 4.78 is 5.24. The largest absolute Gasteiger partial charge is 0.469 e. The van der Waals surface area contributed by atoms with Crippen molar-refractivity contribution >= 4 is 40.2 Å². The molecule has 1 amide bonds. The molecule has 1 aliphatic heterocycles. The van der Waals surface area contributed by atoms with Crippen molar-refractivity contribution < 1.29 is 14.3 Å². The van der Waals surface area contributed by atoms with Gasteiger partial charge in [-0.2, -0.15) is 0 Å². The number of amides is 1. The van der Waals surface area contributed by atoms with Gasteiger partial charge in [0, 0.05) is 6.04 Å². The van der Waals surface area contributed by atoms with Crippen LogP contribution in [-0.4, -0.2) is 39.5 Å². The van der Waals surface area contributed by atoms with E-state index < -0.39 is 0 Å². The first kappa shape index (κ1) is 13.8. The van der Waals surface area contributed by atoms with Gasteiger partial charge in [-0.05, 0) is 12.8 Å². The van der Waals surface area contributed by atoms with Crippen LogP contribution in [-0.2, 0) is 14.3 Å². The second kappa shape index (κ2) is 6.02. The molecule has 0 radical (unpaired) electrons. The van der Waals surface area contributed by atoms with Gasteiger partial charge in [0.2, 0.25) is 5.91 Å². The van der Waals surface area contributed by atoms with E-state index >= 15 is 0 Å². The van der Waals surface area contributed by atoms with Crippen LogP contribution < -0.4 is 0 Å². The highest BCUT2D eigenvalue weighted by Gasteiger charge is 2.41. The quantitative estimate of drug-likeness (QED) is 0.588. The van der Waals surface area contributed by atoms with E-state index in [0.717, 1.165) is 25.7 Å². The van der Waals surface area contributed by atoms with Crippen molar-refractivity contribution in [3.63, 3.8) is 0 Å². The second-order valence-corrected chi connectivity index (χ2v) is 6.49. The molecule has 1 saturated carbocycles. The Morgan fingerprint density at radius 1 is 1.44 bits per heavy atom. The van der Waals surface area contributed by atoms with E-state index in [1.165, 1.54) is 25.3 Å². The van der Waals surface area contributed by atoms with Crippen molar-refractivity contribution in [1.82, 2.24) is 4.90 Å². The number of methoxy groups -OCH3 is 1. The number of carbonyl (C=O) groups is 2. The Hall–Kier alpha value is -0.620. The van der Waals surface area contributed by atoms with Crippen molar-refractivity contribution in [2.75, 3.05) is 7.11 Å². The van der Waals surface area contributed by atoms with Gasteiger partial charge in [0.25, 0.3) is 0 Å². The molecule has 2 fully saturated rings. The number of esters is 1. The zero-order chi connectivity index (χ0) is 13.1. The zero-order valence-corrected chi connectivity index (χ0v) is 12.0. The van der Waals surface area contributed by atoms with Crippen molar-refractivity contribution in [1.29, 1.82) is 0 Å². The second-order valence-electron chi connectivity index (χ2n) is 4.65. The summed E-state index contributed by atoms with van der Waals surface area (Å²) in [6.07, 6.45) is 5.72. The first-order chi connectivity index (χ1) is 8.63. The number of hydrogen-bond acceptors (Lipinski definition) is 5. The minimum Gasteiger partial charge on any atom is -0.469 e. The SMILES string of the molecule is COC(=O)C[C@H]1SC(=S)N(C2CCCCC2)C1=O. The molecule has 1 heterocycles. The molecule has 1 aliphatic carbocycles. The first-order valence-corrected chi connectivity index (χ1v) is 7.52. The fourth-order valence-electron chi connectivity index (χ4n) is 2.51. The van der Waals surface area contributed by atoms with Crippen LogP contribution in [0.25, 0.3) is 0 Å². The summed E-state index contributed by atoms with van der Waals surface area (Å²) in [7, 11) is 1.34. The Balaban J connectivity index is 2.02. The summed E-state index contributed by atoms with van der Waals surface area (Å²) >= 11 is 6.61. The summed E-state index contributed by atoms with van der Waals surface area (Å²) in [5.74, 6) is -0.364. The summed E-state index contributed by atoms with van der Waals surface area (Å²) in [4.78, 5) is 25.3. The lowest BCUT2D eigenvalue weighted by Crippen LogP contribution is -2.41. The summed E-state index contributed by atoms with van der Waals surface area (Å²) in [5.41, 5.74) is 0. The Kier molecular flexibility index (Phi) is 4.61. The van der Waals surface area contributed by atoms with Crippen LogP contribution in [0.1, 0.15) is 38.5 Å². The summed E-state index contributed by atoms with van der Waals surface area (Å²) in [6, 6.07) is 0.244. The third-order valence-electron chi connectivity index (χ3n) is 3.47. The van der Waals surface area contributed by atoms with Crippen LogP contribution in [0.3, 0.4) is 0 Å². The van der Waals surface area contributed by atoms with Crippen LogP contribution in [0.4, 0.5) is 0 Å². The highest BCUT2D eigenvalue weighted by atomic mass is 32.2. The molecule has 0 aromatic rings. The van der Waals surface area contributed by atoms with E-state index in [2.05, 4.69) is 4.74 Å². The van der Waals surface area contributed by atoms with Gasteiger partial charge in [0.15, 0.2) is 0 Å². The van der Waals surface area contributed by atoms with Crippen LogP contribution >= 0.6 is 24.0 Å². The minimum atomic E-state index is -0.383. The maximum Gasteiger partial charge on any atom is 0.307 e. The lowest BCUT2D eigenvalue weighted by atomic mass is 9.94. The molecule has 100 valence electrons. The third-order valence-corrected chi connectivity index (χ3v) is 5.01. The lowest BCUT2D eigenvalue weighted by molar-refractivity contribution is -0.142. The molecule has 0 N–H and O–H groups in total. The number of carbonyl (C=O) groups excluding carboxylic acids is 2. The molecule has 0 aromatic carbocycles. The average molecular weight is 287 g/mol. The topological polar surface area (TPSA) is 46.6 Å².